The Morgan fingerprint density at radius 2 is 1.27 bits per heavy atom. The molecule has 2 nitrogen and oxygen atoms in total. The summed E-state index contributed by atoms with van der Waals surface area (Å²) in [6, 6.07) is 0. The van der Waals surface area contributed by atoms with Gasteiger partial charge in [0.15, 0.2) is 0 Å². The van der Waals surface area contributed by atoms with Crippen LogP contribution in [-0.4, -0.2) is 28.1 Å². The van der Waals surface area contributed by atoms with Crippen LogP contribution < -0.4 is 4.84 Å². The van der Waals surface area contributed by atoms with Gasteiger partial charge in [-0.25, -0.2) is 4.84 Å². The topological polar surface area (TPSA) is 15.3 Å². The van der Waals surface area contributed by atoms with Crippen molar-refractivity contribution in [3.05, 3.63) is 0 Å². The van der Waals surface area contributed by atoms with Gasteiger partial charge in [-0.2, -0.15) is 0 Å². The van der Waals surface area contributed by atoms with E-state index in [1.807, 2.05) is 0 Å². The minimum Gasteiger partial charge on any atom is -0.292 e. The Balaban J connectivity index is 2.16. The molecule has 2 saturated carbocycles. The predicted octanol–water partition coefficient (Wildman–Crippen LogP) is 5.65. The summed E-state index contributed by atoms with van der Waals surface area (Å²) in [5.41, 5.74) is 0.801. The zero-order chi connectivity index (χ0) is 16.3. The van der Waals surface area contributed by atoms with Gasteiger partial charge in [-0.05, 0) is 71.6 Å². The molecule has 0 spiro atoms. The van der Waals surface area contributed by atoms with Crippen LogP contribution in [0.2, 0.25) is 0 Å². The predicted molar refractivity (Wildman–Crippen MR) is 97.4 cm³/mol. The van der Waals surface area contributed by atoms with Crippen molar-refractivity contribution >= 4 is 11.8 Å². The molecule has 22 heavy (non-hydrogen) atoms. The minimum atomic E-state index is 0.00978. The number of nitrogens with one attached hydrogen (secondary N) is 1. The van der Waals surface area contributed by atoms with Gasteiger partial charge in [0.25, 0.3) is 0 Å². The molecule has 0 radical (unpaired) electrons. The minimum absolute atomic E-state index is 0.00978. The third-order valence-electron chi connectivity index (χ3n) is 6.38. The van der Waals surface area contributed by atoms with E-state index in [0.29, 0.717) is 11.1 Å². The van der Waals surface area contributed by atoms with Crippen LogP contribution >= 0.6 is 11.8 Å². The van der Waals surface area contributed by atoms with E-state index in [1.54, 1.807) is 0 Å². The number of halogens is 1. The molecule has 0 unspecified atom stereocenters. The van der Waals surface area contributed by atoms with Crippen LogP contribution in [0.4, 0.5) is 0 Å². The Morgan fingerprint density at radius 1 is 0.864 bits per heavy atom. The third-order valence-corrected chi connectivity index (χ3v) is 6.89. The van der Waals surface area contributed by atoms with Crippen molar-refractivity contribution < 1.29 is 0 Å². The molecule has 0 atom stereocenters. The molecule has 0 heterocycles. The van der Waals surface area contributed by atoms with E-state index >= 15 is 0 Å². The third kappa shape index (κ3) is 4.39. The van der Waals surface area contributed by atoms with Crippen molar-refractivity contribution in [3.8, 4) is 0 Å². The summed E-state index contributed by atoms with van der Waals surface area (Å²) in [5.74, 6) is 0. The molecular formula is C19H37ClN2. The second-order valence-electron chi connectivity index (χ2n) is 9.00. The molecule has 0 aromatic carbocycles. The first kappa shape index (κ1) is 18.5. The Bertz CT molecular complexity index is 317. The molecule has 2 aliphatic rings. The van der Waals surface area contributed by atoms with Gasteiger partial charge < -0.3 is 0 Å². The van der Waals surface area contributed by atoms with Gasteiger partial charge in [0.1, 0.15) is 0 Å². The summed E-state index contributed by atoms with van der Waals surface area (Å²) >= 11 is 5.95. The van der Waals surface area contributed by atoms with Crippen molar-refractivity contribution in [2.75, 3.05) is 6.54 Å². The first-order chi connectivity index (χ1) is 10.3. The van der Waals surface area contributed by atoms with Crippen LogP contribution in [0.15, 0.2) is 0 Å². The van der Waals surface area contributed by atoms with Crippen molar-refractivity contribution in [2.24, 2.45) is 0 Å². The van der Waals surface area contributed by atoms with Crippen molar-refractivity contribution in [3.63, 3.8) is 0 Å². The Hall–Kier alpha value is 0.210. The summed E-state index contributed by atoms with van der Waals surface area (Å²) in [7, 11) is 0. The maximum absolute atomic E-state index is 5.95. The van der Waals surface area contributed by atoms with E-state index in [0.717, 1.165) is 6.42 Å². The summed E-state index contributed by atoms with van der Waals surface area (Å²) in [4.78, 5) is 5.88. The Morgan fingerprint density at radius 3 is 1.64 bits per heavy atom. The van der Waals surface area contributed by atoms with E-state index in [1.165, 1.54) is 70.8 Å². The van der Waals surface area contributed by atoms with Crippen LogP contribution in [0.25, 0.3) is 0 Å². The number of hydrogen-bond acceptors (Lipinski definition) is 2. The number of hydrogen-bond donors (Lipinski definition) is 1. The fourth-order valence-corrected chi connectivity index (χ4v) is 4.89. The monoisotopic (exact) mass is 328 g/mol. The fraction of sp³-hybridized carbons (Fsp3) is 1.00. The zero-order valence-corrected chi connectivity index (χ0v) is 16.1. The summed E-state index contributed by atoms with van der Waals surface area (Å²) in [5, 5.41) is 0. The molecule has 2 rings (SSSR count). The van der Waals surface area contributed by atoms with Gasteiger partial charge in [-0.15, -0.1) is 0 Å². The first-order valence-electron chi connectivity index (χ1n) is 9.47. The van der Waals surface area contributed by atoms with E-state index in [4.69, 9.17) is 11.8 Å². The average molecular weight is 329 g/mol. The molecule has 2 fully saturated rings. The highest BCUT2D eigenvalue weighted by Crippen LogP contribution is 2.43. The van der Waals surface area contributed by atoms with Crippen molar-refractivity contribution in [1.82, 2.24) is 9.74 Å². The van der Waals surface area contributed by atoms with Gasteiger partial charge in [-0.3, -0.25) is 4.90 Å². The molecule has 0 bridgehead atoms. The van der Waals surface area contributed by atoms with Gasteiger partial charge >= 0.3 is 0 Å². The van der Waals surface area contributed by atoms with Crippen molar-refractivity contribution in [2.45, 2.75) is 115 Å². The highest BCUT2D eigenvalue weighted by Gasteiger charge is 2.44. The van der Waals surface area contributed by atoms with Crippen molar-refractivity contribution in [1.29, 1.82) is 0 Å². The number of nitrogens with zero attached hydrogens (tertiary/aromatic N) is 1. The van der Waals surface area contributed by atoms with Gasteiger partial charge in [0.2, 0.25) is 0 Å². The molecule has 130 valence electrons. The second kappa shape index (κ2) is 7.40. The standard InChI is InChI=1S/C19H37ClN2/c1-17(2,21-20)15-16-22(18(3)11-7-5-8-12-18)19(4)13-9-6-10-14-19/h21H,5-16H2,1-4H3. The first-order valence-corrected chi connectivity index (χ1v) is 9.85. The smallest absolute Gasteiger partial charge is 0.0287 e. The lowest BCUT2D eigenvalue weighted by Gasteiger charge is -2.55. The highest BCUT2D eigenvalue weighted by molar-refractivity contribution is 6.13. The Kier molecular flexibility index (Phi) is 6.24. The Labute approximate surface area is 143 Å². The lowest BCUT2D eigenvalue weighted by molar-refractivity contribution is -0.0473. The fourth-order valence-electron chi connectivity index (χ4n) is 4.80. The van der Waals surface area contributed by atoms with Crippen LogP contribution in [0, 0.1) is 0 Å². The van der Waals surface area contributed by atoms with Crippen LogP contribution in [0.3, 0.4) is 0 Å². The van der Waals surface area contributed by atoms with Crippen LogP contribution in [0.1, 0.15) is 98.3 Å². The molecule has 0 aromatic rings. The zero-order valence-electron chi connectivity index (χ0n) is 15.3. The average Bonchev–Trinajstić information content (AvgIpc) is 2.48. The van der Waals surface area contributed by atoms with Gasteiger partial charge in [-0.1, -0.05) is 38.5 Å². The van der Waals surface area contributed by atoms with E-state index in [9.17, 15) is 0 Å². The highest BCUT2D eigenvalue weighted by atomic mass is 35.5. The molecule has 0 amide bonds. The molecule has 3 heteroatoms. The maximum Gasteiger partial charge on any atom is 0.0287 e. The molecule has 2 aliphatic carbocycles. The molecule has 0 aliphatic heterocycles. The quantitative estimate of drug-likeness (QED) is 0.634. The maximum atomic E-state index is 5.95. The lowest BCUT2D eigenvalue weighted by Crippen LogP contribution is -2.60. The SMILES string of the molecule is CC(C)(CCN(C1(C)CCCCC1)C1(C)CCCCC1)NCl. The molecule has 0 saturated heterocycles. The van der Waals surface area contributed by atoms with Gasteiger partial charge in [0, 0.05) is 23.2 Å². The summed E-state index contributed by atoms with van der Waals surface area (Å²) < 4.78 is 0. The molecular weight excluding hydrogens is 292 g/mol. The van der Waals surface area contributed by atoms with E-state index < -0.39 is 0 Å². The normalized spacial score (nSPS) is 25.4. The van der Waals surface area contributed by atoms with Crippen LogP contribution in [0.5, 0.6) is 0 Å². The summed E-state index contributed by atoms with van der Waals surface area (Å²) in [6.45, 7) is 10.7. The van der Waals surface area contributed by atoms with E-state index in [2.05, 4.69) is 37.4 Å². The summed E-state index contributed by atoms with van der Waals surface area (Å²) in [6.07, 6.45) is 15.1. The second-order valence-corrected chi connectivity index (χ2v) is 9.18. The van der Waals surface area contributed by atoms with Crippen LogP contribution in [-0.2, 0) is 0 Å². The largest absolute Gasteiger partial charge is 0.292 e. The molecule has 0 aromatic heterocycles. The lowest BCUT2D eigenvalue weighted by atomic mass is 9.74. The number of rotatable bonds is 6. The van der Waals surface area contributed by atoms with Gasteiger partial charge in [0.05, 0.1) is 0 Å². The molecule has 1 N–H and O–H groups in total. The van der Waals surface area contributed by atoms with E-state index in [-0.39, 0.29) is 5.54 Å².